The normalized spacial score (nSPS) is 18.8. The smallest absolute Gasteiger partial charge is 0.00489 e. The molecule has 1 aliphatic rings. The second kappa shape index (κ2) is 6.88. The highest BCUT2D eigenvalue weighted by atomic mass is 16.4. The van der Waals surface area contributed by atoms with Crippen molar-refractivity contribution in [3.05, 3.63) is 0 Å². The van der Waals surface area contributed by atoms with Gasteiger partial charge in [0.1, 0.15) is 0 Å². The van der Waals surface area contributed by atoms with Crippen molar-refractivity contribution in [2.24, 2.45) is 5.90 Å². The molecule has 3 heteroatoms. The van der Waals surface area contributed by atoms with E-state index in [0.29, 0.717) is 0 Å². The predicted molar refractivity (Wildman–Crippen MR) is 32.7 cm³/mol. The Morgan fingerprint density at radius 3 is 1.62 bits per heavy atom. The van der Waals surface area contributed by atoms with Crippen LogP contribution in [0.5, 0.6) is 0 Å². The van der Waals surface area contributed by atoms with Crippen LogP contribution in [0.1, 0.15) is 19.3 Å². The van der Waals surface area contributed by atoms with Crippen molar-refractivity contribution in [2.45, 2.75) is 19.3 Å². The maximum atomic E-state index is 6.50. The molecule has 1 rings (SSSR count). The van der Waals surface area contributed by atoms with Gasteiger partial charge in [0.2, 0.25) is 0 Å². The van der Waals surface area contributed by atoms with E-state index in [9.17, 15) is 0 Å². The van der Waals surface area contributed by atoms with Crippen LogP contribution in [0.2, 0.25) is 0 Å². The van der Waals surface area contributed by atoms with Crippen LogP contribution in [0.3, 0.4) is 0 Å². The van der Waals surface area contributed by atoms with E-state index >= 15 is 0 Å². The molecule has 1 aliphatic heterocycles. The van der Waals surface area contributed by atoms with Crippen LogP contribution < -0.4 is 11.2 Å². The van der Waals surface area contributed by atoms with Gasteiger partial charge >= 0.3 is 0 Å². The molecule has 0 amide bonds. The Kier molecular flexibility index (Phi) is 6.78. The first kappa shape index (κ1) is 7.88. The zero-order chi connectivity index (χ0) is 6.24. The van der Waals surface area contributed by atoms with Crippen LogP contribution in [0, 0.1) is 0 Å². The fourth-order valence-electron chi connectivity index (χ4n) is 0.802. The van der Waals surface area contributed by atoms with E-state index in [1.807, 2.05) is 0 Å². The summed E-state index contributed by atoms with van der Waals surface area (Å²) < 4.78 is 0. The lowest BCUT2D eigenvalue weighted by Gasteiger charge is -2.08. The van der Waals surface area contributed by atoms with Gasteiger partial charge in [-0.2, -0.15) is 0 Å². The maximum Gasteiger partial charge on any atom is -0.00489 e. The lowest BCUT2D eigenvalue weighted by Crippen LogP contribution is -2.21. The van der Waals surface area contributed by atoms with Crippen LogP contribution in [0.25, 0.3) is 0 Å². The van der Waals surface area contributed by atoms with Crippen molar-refractivity contribution in [3.8, 4) is 0 Å². The van der Waals surface area contributed by atoms with Crippen LogP contribution >= 0.6 is 0 Å². The average molecular weight is 118 g/mol. The van der Waals surface area contributed by atoms with E-state index in [1.54, 1.807) is 0 Å². The third kappa shape index (κ3) is 4.05. The minimum Gasteiger partial charge on any atom is -0.320 e. The zero-order valence-corrected chi connectivity index (χ0v) is 5.06. The quantitative estimate of drug-likeness (QED) is 0.395. The summed E-state index contributed by atoms with van der Waals surface area (Å²) in [6, 6.07) is 0. The topological polar surface area (TPSA) is 58.3 Å². The van der Waals surface area contributed by atoms with Crippen LogP contribution in [0.15, 0.2) is 0 Å². The van der Waals surface area contributed by atoms with Gasteiger partial charge in [0.15, 0.2) is 0 Å². The van der Waals surface area contributed by atoms with Crippen molar-refractivity contribution in [1.29, 1.82) is 0 Å². The Morgan fingerprint density at radius 2 is 1.50 bits per heavy atom. The fraction of sp³-hybridized carbons (Fsp3) is 1.00. The molecule has 50 valence electrons. The first-order chi connectivity index (χ1) is 4.00. The van der Waals surface area contributed by atoms with E-state index < -0.39 is 0 Å². The molecule has 4 N–H and O–H groups in total. The summed E-state index contributed by atoms with van der Waals surface area (Å²) in [5.74, 6) is 3.50. The van der Waals surface area contributed by atoms with Crippen molar-refractivity contribution in [2.75, 3.05) is 13.1 Å². The molecule has 0 spiro atoms. The van der Waals surface area contributed by atoms with Crippen molar-refractivity contribution in [1.82, 2.24) is 5.32 Å². The maximum absolute atomic E-state index is 6.50. The minimum atomic E-state index is 1.25. The SMILES string of the molecule is C1CCNCC1.NO. The molecule has 0 radical (unpaired) electrons. The standard InChI is InChI=1S/C5H11N.H3NO/c1-2-4-6-5-3-1;1-2/h6H,1-5H2;2H,1H2. The van der Waals surface area contributed by atoms with E-state index in [2.05, 4.69) is 11.2 Å². The largest absolute Gasteiger partial charge is 0.320 e. The van der Waals surface area contributed by atoms with Gasteiger partial charge in [0.05, 0.1) is 0 Å². The Morgan fingerprint density at radius 1 is 1.00 bits per heavy atom. The number of piperidine rings is 1. The molecule has 0 bridgehead atoms. The van der Waals surface area contributed by atoms with E-state index in [-0.39, 0.29) is 0 Å². The summed E-state index contributed by atoms with van der Waals surface area (Å²) >= 11 is 0. The summed E-state index contributed by atoms with van der Waals surface area (Å²) in [5, 5.41) is 9.78. The molecule has 0 aromatic rings. The predicted octanol–water partition coefficient (Wildman–Crippen LogP) is 0.0942. The molecule has 1 heterocycles. The summed E-state index contributed by atoms with van der Waals surface area (Å²) in [6.45, 7) is 2.50. The van der Waals surface area contributed by atoms with Gasteiger partial charge in [0, 0.05) is 0 Å². The number of rotatable bonds is 0. The zero-order valence-electron chi connectivity index (χ0n) is 5.06. The van der Waals surface area contributed by atoms with Gasteiger partial charge in [0.25, 0.3) is 0 Å². The van der Waals surface area contributed by atoms with Gasteiger partial charge in [-0.05, 0) is 25.9 Å². The fourth-order valence-corrected chi connectivity index (χ4v) is 0.802. The third-order valence-corrected chi connectivity index (χ3v) is 1.21. The van der Waals surface area contributed by atoms with Gasteiger partial charge in [-0.15, -0.1) is 0 Å². The van der Waals surface area contributed by atoms with Gasteiger partial charge in [-0.1, -0.05) is 6.42 Å². The minimum absolute atomic E-state index is 1.25. The number of nitrogens with two attached hydrogens (primary N) is 1. The molecule has 0 aliphatic carbocycles. The van der Waals surface area contributed by atoms with E-state index in [0.717, 1.165) is 0 Å². The average Bonchev–Trinajstić information content (AvgIpc) is 1.96. The number of hydrogen-bond acceptors (Lipinski definition) is 3. The number of hydrogen-bond donors (Lipinski definition) is 3. The molecule has 0 unspecified atom stereocenters. The van der Waals surface area contributed by atoms with E-state index in [4.69, 9.17) is 5.21 Å². The molecular weight excluding hydrogens is 104 g/mol. The first-order valence-corrected chi connectivity index (χ1v) is 2.97. The van der Waals surface area contributed by atoms with Gasteiger partial charge in [-0.3, -0.25) is 0 Å². The van der Waals surface area contributed by atoms with Crippen LogP contribution in [-0.4, -0.2) is 18.3 Å². The summed E-state index contributed by atoms with van der Waals surface area (Å²) in [7, 11) is 0. The highest BCUT2D eigenvalue weighted by molar-refractivity contribution is 4.55. The van der Waals surface area contributed by atoms with Crippen molar-refractivity contribution in [3.63, 3.8) is 0 Å². The number of nitrogens with one attached hydrogen (secondary N) is 1. The van der Waals surface area contributed by atoms with Crippen LogP contribution in [0.4, 0.5) is 0 Å². The second-order valence-corrected chi connectivity index (χ2v) is 1.81. The Labute approximate surface area is 49.8 Å². The molecular formula is C5H14N2O. The lowest BCUT2D eigenvalue weighted by molar-refractivity contribution is 0.311. The molecule has 0 atom stereocenters. The molecule has 1 saturated heterocycles. The van der Waals surface area contributed by atoms with Crippen LogP contribution in [-0.2, 0) is 0 Å². The Balaban J connectivity index is 0.000000222. The molecule has 0 saturated carbocycles. The second-order valence-electron chi connectivity index (χ2n) is 1.81. The highest BCUT2D eigenvalue weighted by Crippen LogP contribution is 1.96. The summed E-state index contributed by atoms with van der Waals surface area (Å²) in [4.78, 5) is 0. The Hall–Kier alpha value is -0.120. The van der Waals surface area contributed by atoms with E-state index in [1.165, 1.54) is 32.4 Å². The van der Waals surface area contributed by atoms with Gasteiger partial charge < -0.3 is 10.5 Å². The van der Waals surface area contributed by atoms with Crippen molar-refractivity contribution >= 4 is 0 Å². The van der Waals surface area contributed by atoms with Gasteiger partial charge in [-0.25, -0.2) is 5.90 Å². The highest BCUT2D eigenvalue weighted by Gasteiger charge is 1.93. The summed E-state index contributed by atoms with van der Waals surface area (Å²) in [5.41, 5.74) is 0. The third-order valence-electron chi connectivity index (χ3n) is 1.21. The lowest BCUT2D eigenvalue weighted by atomic mass is 10.2. The molecule has 1 fully saturated rings. The first-order valence-electron chi connectivity index (χ1n) is 2.97. The molecule has 3 nitrogen and oxygen atoms in total. The molecule has 8 heavy (non-hydrogen) atoms. The molecule has 0 aromatic heterocycles. The monoisotopic (exact) mass is 118 g/mol. The Bertz CT molecular complexity index is 25.9. The van der Waals surface area contributed by atoms with Crippen molar-refractivity contribution < 1.29 is 5.21 Å². The molecule has 0 aromatic carbocycles. The summed E-state index contributed by atoms with van der Waals surface area (Å²) in [6.07, 6.45) is 4.22.